The number of carbonyl (C=O) groups excluding carboxylic acids is 2. The highest BCUT2D eigenvalue weighted by atomic mass is 32.1. The minimum atomic E-state index is -0.241. The van der Waals surface area contributed by atoms with Gasteiger partial charge in [0.1, 0.15) is 10.7 Å². The predicted molar refractivity (Wildman–Crippen MR) is 96.0 cm³/mol. The normalized spacial score (nSPS) is 14.0. The minimum absolute atomic E-state index is 0.220. The summed E-state index contributed by atoms with van der Waals surface area (Å²) in [6.07, 6.45) is 6.12. The van der Waals surface area contributed by atoms with E-state index in [-0.39, 0.29) is 11.9 Å². The van der Waals surface area contributed by atoms with Gasteiger partial charge in [-0.15, -0.1) is 11.3 Å². The number of hydrazine groups is 1. The Labute approximate surface area is 150 Å². The molecule has 0 bridgehead atoms. The SMILES string of the molecule is CCCCNC(=O)N1CCCN1C(=O)c1csc(-c2cccnc2)n1. The molecule has 0 unspecified atom stereocenters. The van der Waals surface area contributed by atoms with E-state index in [9.17, 15) is 9.59 Å². The number of nitrogens with one attached hydrogen (secondary N) is 1. The molecule has 132 valence electrons. The monoisotopic (exact) mass is 359 g/mol. The zero-order valence-corrected chi connectivity index (χ0v) is 15.0. The van der Waals surface area contributed by atoms with Gasteiger partial charge < -0.3 is 5.32 Å². The summed E-state index contributed by atoms with van der Waals surface area (Å²) in [5.41, 5.74) is 1.24. The summed E-state index contributed by atoms with van der Waals surface area (Å²) >= 11 is 1.40. The van der Waals surface area contributed by atoms with Gasteiger partial charge in [0.15, 0.2) is 0 Å². The van der Waals surface area contributed by atoms with Crippen LogP contribution in [0.2, 0.25) is 0 Å². The zero-order valence-electron chi connectivity index (χ0n) is 14.1. The van der Waals surface area contributed by atoms with Crippen LogP contribution in [0.4, 0.5) is 4.79 Å². The molecule has 3 rings (SSSR count). The molecule has 2 aromatic heterocycles. The second-order valence-corrected chi connectivity index (χ2v) is 6.63. The first kappa shape index (κ1) is 17.3. The third-order valence-electron chi connectivity index (χ3n) is 3.94. The van der Waals surface area contributed by atoms with Crippen molar-refractivity contribution in [3.63, 3.8) is 0 Å². The average Bonchev–Trinajstić information content (AvgIpc) is 3.32. The van der Waals surface area contributed by atoms with Gasteiger partial charge in [-0.2, -0.15) is 0 Å². The summed E-state index contributed by atoms with van der Waals surface area (Å²) in [4.78, 5) is 33.6. The van der Waals surface area contributed by atoms with E-state index in [1.165, 1.54) is 21.4 Å². The van der Waals surface area contributed by atoms with Crippen LogP contribution in [0, 0.1) is 0 Å². The van der Waals surface area contributed by atoms with Crippen LogP contribution in [-0.4, -0.2) is 51.6 Å². The van der Waals surface area contributed by atoms with Crippen molar-refractivity contribution in [3.05, 3.63) is 35.6 Å². The topological polar surface area (TPSA) is 78.4 Å². The third kappa shape index (κ3) is 3.96. The first-order valence-corrected chi connectivity index (χ1v) is 9.31. The summed E-state index contributed by atoms with van der Waals surface area (Å²) < 4.78 is 0. The fraction of sp³-hybridized carbons (Fsp3) is 0.412. The van der Waals surface area contributed by atoms with Crippen LogP contribution in [-0.2, 0) is 0 Å². The molecule has 0 aromatic carbocycles. The van der Waals surface area contributed by atoms with Crippen molar-refractivity contribution in [2.24, 2.45) is 0 Å². The lowest BCUT2D eigenvalue weighted by atomic mass is 10.3. The molecule has 25 heavy (non-hydrogen) atoms. The molecule has 3 amide bonds. The molecule has 0 spiro atoms. The molecule has 3 heterocycles. The van der Waals surface area contributed by atoms with Crippen LogP contribution in [0.3, 0.4) is 0 Å². The van der Waals surface area contributed by atoms with Crippen molar-refractivity contribution in [3.8, 4) is 10.6 Å². The maximum absolute atomic E-state index is 12.8. The number of unbranched alkanes of at least 4 members (excludes halogenated alkanes) is 1. The summed E-state index contributed by atoms with van der Waals surface area (Å²) in [6.45, 7) is 3.76. The lowest BCUT2D eigenvalue weighted by molar-refractivity contribution is 0.0372. The fourth-order valence-corrected chi connectivity index (χ4v) is 3.41. The number of thiazole rings is 1. The van der Waals surface area contributed by atoms with E-state index in [0.717, 1.165) is 29.8 Å². The molecule has 0 radical (unpaired) electrons. The molecular formula is C17H21N5O2S. The van der Waals surface area contributed by atoms with Crippen molar-refractivity contribution in [1.82, 2.24) is 25.3 Å². The average molecular weight is 359 g/mol. The number of urea groups is 1. The summed E-state index contributed by atoms with van der Waals surface area (Å²) in [5, 5.41) is 8.31. The number of amides is 3. The highest BCUT2D eigenvalue weighted by Gasteiger charge is 2.32. The Morgan fingerprint density at radius 1 is 1.32 bits per heavy atom. The highest BCUT2D eigenvalue weighted by molar-refractivity contribution is 7.13. The molecule has 8 heteroatoms. The van der Waals surface area contributed by atoms with Gasteiger partial charge in [0.2, 0.25) is 0 Å². The van der Waals surface area contributed by atoms with Gasteiger partial charge in [0.05, 0.1) is 0 Å². The standard InChI is InChI=1S/C17H21N5O2S/c1-2-3-8-19-17(24)22-10-5-9-21(22)16(23)14-12-25-15(20-14)13-6-4-7-18-11-13/h4,6-7,11-12H,2-3,5,8-10H2,1H3,(H,19,24). The van der Waals surface area contributed by atoms with Crippen LogP contribution < -0.4 is 5.32 Å². The van der Waals surface area contributed by atoms with Crippen molar-refractivity contribution >= 4 is 23.3 Å². The molecule has 2 aromatic rings. The van der Waals surface area contributed by atoms with Gasteiger partial charge in [-0.3, -0.25) is 9.78 Å². The molecular weight excluding hydrogens is 338 g/mol. The predicted octanol–water partition coefficient (Wildman–Crippen LogP) is 2.78. The van der Waals surface area contributed by atoms with Crippen LogP contribution >= 0.6 is 11.3 Å². The van der Waals surface area contributed by atoms with Crippen LogP contribution in [0.5, 0.6) is 0 Å². The van der Waals surface area contributed by atoms with Gasteiger partial charge in [0, 0.05) is 43.0 Å². The van der Waals surface area contributed by atoms with E-state index in [1.54, 1.807) is 17.8 Å². The smallest absolute Gasteiger partial charge is 0.336 e. The molecule has 0 aliphatic carbocycles. The van der Waals surface area contributed by atoms with Crippen LogP contribution in [0.15, 0.2) is 29.9 Å². The highest BCUT2D eigenvalue weighted by Crippen LogP contribution is 2.24. The molecule has 7 nitrogen and oxygen atoms in total. The van der Waals surface area contributed by atoms with Crippen LogP contribution in [0.1, 0.15) is 36.7 Å². The van der Waals surface area contributed by atoms with Crippen molar-refractivity contribution < 1.29 is 9.59 Å². The number of hydrogen-bond donors (Lipinski definition) is 1. The third-order valence-corrected chi connectivity index (χ3v) is 4.83. The summed E-state index contributed by atoms with van der Waals surface area (Å²) in [7, 11) is 0. The van der Waals surface area contributed by atoms with E-state index < -0.39 is 0 Å². The number of pyridine rings is 1. The molecule has 1 saturated heterocycles. The largest absolute Gasteiger partial charge is 0.337 e. The van der Waals surface area contributed by atoms with E-state index in [2.05, 4.69) is 22.2 Å². The van der Waals surface area contributed by atoms with Gasteiger partial charge in [-0.1, -0.05) is 13.3 Å². The number of nitrogens with zero attached hydrogens (tertiary/aromatic N) is 4. The number of rotatable bonds is 5. The van der Waals surface area contributed by atoms with Crippen molar-refractivity contribution in [2.75, 3.05) is 19.6 Å². The van der Waals surface area contributed by atoms with Gasteiger partial charge in [-0.25, -0.2) is 19.8 Å². The van der Waals surface area contributed by atoms with Gasteiger partial charge >= 0.3 is 6.03 Å². The summed E-state index contributed by atoms with van der Waals surface area (Å²) in [6, 6.07) is 3.52. The Balaban J connectivity index is 1.69. The zero-order chi connectivity index (χ0) is 17.6. The molecule has 0 atom stereocenters. The van der Waals surface area contributed by atoms with Crippen LogP contribution in [0.25, 0.3) is 10.6 Å². The maximum atomic E-state index is 12.8. The lowest BCUT2D eigenvalue weighted by Gasteiger charge is -2.27. The minimum Gasteiger partial charge on any atom is -0.337 e. The molecule has 1 fully saturated rings. The first-order chi connectivity index (χ1) is 12.2. The van der Waals surface area contributed by atoms with E-state index in [1.807, 2.05) is 12.1 Å². The van der Waals surface area contributed by atoms with Gasteiger partial charge in [0.25, 0.3) is 5.91 Å². The molecule has 1 N–H and O–H groups in total. The Hall–Kier alpha value is -2.48. The second kappa shape index (κ2) is 8.06. The summed E-state index contributed by atoms with van der Waals surface area (Å²) in [5.74, 6) is -0.241. The molecule has 0 saturated carbocycles. The Bertz CT molecular complexity index is 734. The lowest BCUT2D eigenvalue weighted by Crippen LogP contribution is -2.49. The van der Waals surface area contributed by atoms with E-state index >= 15 is 0 Å². The number of aromatic nitrogens is 2. The van der Waals surface area contributed by atoms with E-state index in [4.69, 9.17) is 0 Å². The van der Waals surface area contributed by atoms with Crippen molar-refractivity contribution in [1.29, 1.82) is 0 Å². The van der Waals surface area contributed by atoms with Gasteiger partial charge in [-0.05, 0) is 25.0 Å². The Morgan fingerprint density at radius 3 is 2.92 bits per heavy atom. The Kier molecular flexibility index (Phi) is 5.60. The maximum Gasteiger partial charge on any atom is 0.336 e. The second-order valence-electron chi connectivity index (χ2n) is 5.77. The quantitative estimate of drug-likeness (QED) is 0.833. The molecule has 1 aliphatic rings. The number of hydrogen-bond acceptors (Lipinski definition) is 5. The molecule has 1 aliphatic heterocycles. The Morgan fingerprint density at radius 2 is 2.16 bits per heavy atom. The number of carbonyl (C=O) groups is 2. The fourth-order valence-electron chi connectivity index (χ4n) is 2.62. The van der Waals surface area contributed by atoms with Crippen molar-refractivity contribution in [2.45, 2.75) is 26.2 Å². The van der Waals surface area contributed by atoms with E-state index in [0.29, 0.717) is 25.3 Å². The first-order valence-electron chi connectivity index (χ1n) is 8.43.